The van der Waals surface area contributed by atoms with Gasteiger partial charge in [0.05, 0.1) is 4.47 Å². The van der Waals surface area contributed by atoms with Crippen LogP contribution in [0, 0.1) is 0 Å². The Hall–Kier alpha value is -0.580. The van der Waals surface area contributed by atoms with Crippen LogP contribution in [0.4, 0.5) is 0 Å². The molecule has 0 aromatic heterocycles. The zero-order valence-electron chi connectivity index (χ0n) is 11.1. The number of phenolic OH excluding ortho intramolecular Hbond substituents is 1. The molecule has 1 atom stereocenters. The van der Waals surface area contributed by atoms with E-state index in [1.165, 1.54) is 24.9 Å². The van der Waals surface area contributed by atoms with Crippen molar-refractivity contribution in [2.75, 3.05) is 27.2 Å². The highest BCUT2D eigenvalue weighted by molar-refractivity contribution is 9.10. The third-order valence-electron chi connectivity index (χ3n) is 3.67. The Kier molecular flexibility index (Phi) is 4.65. The fraction of sp³-hybridized carbons (Fsp3) is 0.571. The zero-order valence-corrected chi connectivity index (χ0v) is 12.7. The van der Waals surface area contributed by atoms with Crippen molar-refractivity contribution in [1.82, 2.24) is 9.80 Å². The first kappa shape index (κ1) is 13.8. The summed E-state index contributed by atoms with van der Waals surface area (Å²) in [4.78, 5) is 4.81. The van der Waals surface area contributed by atoms with E-state index in [-0.39, 0.29) is 0 Å². The third-order valence-corrected chi connectivity index (χ3v) is 4.30. The number of piperidine rings is 1. The van der Waals surface area contributed by atoms with Gasteiger partial charge in [-0.25, -0.2) is 0 Å². The Morgan fingerprint density at radius 2 is 2.28 bits per heavy atom. The Bertz CT molecular complexity index is 411. The number of hydrogen-bond donors (Lipinski definition) is 1. The number of aromatic hydroxyl groups is 1. The van der Waals surface area contributed by atoms with E-state index in [9.17, 15) is 5.11 Å². The lowest BCUT2D eigenvalue weighted by molar-refractivity contribution is 0.129. The molecule has 1 saturated heterocycles. The van der Waals surface area contributed by atoms with Crippen LogP contribution in [0.2, 0.25) is 0 Å². The van der Waals surface area contributed by atoms with E-state index in [1.54, 1.807) is 6.07 Å². The Labute approximate surface area is 118 Å². The fourth-order valence-electron chi connectivity index (χ4n) is 2.56. The summed E-state index contributed by atoms with van der Waals surface area (Å²) >= 11 is 3.36. The molecule has 1 aliphatic heterocycles. The number of benzene rings is 1. The van der Waals surface area contributed by atoms with Crippen LogP contribution in [-0.2, 0) is 6.54 Å². The molecule has 1 aromatic carbocycles. The van der Waals surface area contributed by atoms with Crippen molar-refractivity contribution in [3.63, 3.8) is 0 Å². The molecule has 1 fully saturated rings. The van der Waals surface area contributed by atoms with Crippen LogP contribution in [0.5, 0.6) is 5.75 Å². The van der Waals surface area contributed by atoms with Crippen LogP contribution in [0.15, 0.2) is 22.7 Å². The standard InChI is InChI=1S/C14H21BrN2O/c1-16-7-3-4-12(10-16)17(2)9-11-5-6-14(18)13(15)8-11/h5-6,8,12,18H,3-4,7,9-10H2,1-2H3. The van der Waals surface area contributed by atoms with Crippen LogP contribution >= 0.6 is 15.9 Å². The van der Waals surface area contributed by atoms with Crippen molar-refractivity contribution < 1.29 is 5.11 Å². The first-order valence-corrected chi connectivity index (χ1v) is 7.21. The van der Waals surface area contributed by atoms with E-state index in [0.717, 1.165) is 17.6 Å². The van der Waals surface area contributed by atoms with Crippen molar-refractivity contribution >= 4 is 15.9 Å². The monoisotopic (exact) mass is 312 g/mol. The number of halogens is 1. The first-order chi connectivity index (χ1) is 8.56. The average molecular weight is 313 g/mol. The van der Waals surface area contributed by atoms with Gasteiger partial charge in [-0.2, -0.15) is 0 Å². The highest BCUT2D eigenvalue weighted by atomic mass is 79.9. The van der Waals surface area contributed by atoms with Gasteiger partial charge in [0.2, 0.25) is 0 Å². The molecule has 0 radical (unpaired) electrons. The summed E-state index contributed by atoms with van der Waals surface area (Å²) in [6.45, 7) is 3.29. The van der Waals surface area contributed by atoms with Crippen LogP contribution in [0.25, 0.3) is 0 Å². The summed E-state index contributed by atoms with van der Waals surface area (Å²) in [5, 5.41) is 9.49. The largest absolute Gasteiger partial charge is 0.507 e. The summed E-state index contributed by atoms with van der Waals surface area (Å²) < 4.78 is 0.772. The van der Waals surface area contributed by atoms with E-state index < -0.39 is 0 Å². The lowest BCUT2D eigenvalue weighted by Gasteiger charge is -2.35. The van der Waals surface area contributed by atoms with E-state index in [0.29, 0.717) is 11.8 Å². The van der Waals surface area contributed by atoms with Crippen LogP contribution in [-0.4, -0.2) is 48.1 Å². The number of likely N-dealkylation sites (N-methyl/N-ethyl adjacent to an activating group) is 2. The van der Waals surface area contributed by atoms with Gasteiger partial charge in [-0.15, -0.1) is 0 Å². The second-order valence-electron chi connectivity index (χ2n) is 5.26. The van der Waals surface area contributed by atoms with E-state index in [2.05, 4.69) is 39.8 Å². The second-order valence-corrected chi connectivity index (χ2v) is 6.11. The molecule has 3 nitrogen and oxygen atoms in total. The maximum absolute atomic E-state index is 9.49. The molecule has 1 N–H and O–H groups in total. The first-order valence-electron chi connectivity index (χ1n) is 6.42. The summed E-state index contributed by atoms with van der Waals surface area (Å²) in [7, 11) is 4.38. The molecule has 2 rings (SSSR count). The van der Waals surface area contributed by atoms with E-state index >= 15 is 0 Å². The normalized spacial score (nSPS) is 21.4. The van der Waals surface area contributed by atoms with Crippen molar-refractivity contribution in [3.8, 4) is 5.75 Å². The average Bonchev–Trinajstić information content (AvgIpc) is 2.34. The lowest BCUT2D eigenvalue weighted by atomic mass is 10.0. The number of nitrogens with zero attached hydrogens (tertiary/aromatic N) is 2. The van der Waals surface area contributed by atoms with Gasteiger partial charge in [-0.1, -0.05) is 6.07 Å². The smallest absolute Gasteiger partial charge is 0.129 e. The maximum Gasteiger partial charge on any atom is 0.129 e. The van der Waals surface area contributed by atoms with Gasteiger partial charge in [0.25, 0.3) is 0 Å². The minimum atomic E-state index is 0.304. The number of hydrogen-bond acceptors (Lipinski definition) is 3. The highest BCUT2D eigenvalue weighted by Crippen LogP contribution is 2.25. The summed E-state index contributed by atoms with van der Waals surface area (Å²) in [5.41, 5.74) is 1.23. The second kappa shape index (κ2) is 6.04. The van der Waals surface area contributed by atoms with Gasteiger partial charge in [0, 0.05) is 19.1 Å². The van der Waals surface area contributed by atoms with Crippen molar-refractivity contribution in [1.29, 1.82) is 0 Å². The van der Waals surface area contributed by atoms with Crippen LogP contribution in [0.1, 0.15) is 18.4 Å². The minimum Gasteiger partial charge on any atom is -0.507 e. The van der Waals surface area contributed by atoms with Crippen molar-refractivity contribution in [3.05, 3.63) is 28.2 Å². The van der Waals surface area contributed by atoms with Crippen LogP contribution in [0.3, 0.4) is 0 Å². The van der Waals surface area contributed by atoms with Gasteiger partial charge in [0.15, 0.2) is 0 Å². The molecule has 0 bridgehead atoms. The predicted octanol–water partition coefficient (Wildman–Crippen LogP) is 2.68. The van der Waals surface area contributed by atoms with Gasteiger partial charge in [0.1, 0.15) is 5.75 Å². The molecular formula is C14H21BrN2O. The number of phenols is 1. The zero-order chi connectivity index (χ0) is 13.1. The van der Waals surface area contributed by atoms with Crippen molar-refractivity contribution in [2.45, 2.75) is 25.4 Å². The summed E-state index contributed by atoms with van der Waals surface area (Å²) in [6, 6.07) is 6.37. The number of rotatable bonds is 3. The van der Waals surface area contributed by atoms with E-state index in [1.807, 2.05) is 12.1 Å². The molecule has 1 aliphatic rings. The third kappa shape index (κ3) is 3.46. The molecule has 100 valence electrons. The van der Waals surface area contributed by atoms with Crippen LogP contribution < -0.4 is 0 Å². The molecule has 0 saturated carbocycles. The predicted molar refractivity (Wildman–Crippen MR) is 77.8 cm³/mol. The maximum atomic E-state index is 9.49. The molecule has 0 aliphatic carbocycles. The summed E-state index contributed by atoms with van der Waals surface area (Å²) in [5.74, 6) is 0.304. The molecule has 1 aromatic rings. The Morgan fingerprint density at radius 3 is 2.94 bits per heavy atom. The molecule has 4 heteroatoms. The fourth-order valence-corrected chi connectivity index (χ4v) is 2.99. The van der Waals surface area contributed by atoms with Gasteiger partial charge < -0.3 is 10.0 Å². The molecule has 0 amide bonds. The molecule has 1 heterocycles. The molecular weight excluding hydrogens is 292 g/mol. The van der Waals surface area contributed by atoms with E-state index in [4.69, 9.17) is 0 Å². The Balaban J connectivity index is 1.97. The van der Waals surface area contributed by atoms with Gasteiger partial charge >= 0.3 is 0 Å². The molecule has 1 unspecified atom stereocenters. The van der Waals surface area contributed by atoms with Crippen molar-refractivity contribution in [2.24, 2.45) is 0 Å². The SMILES string of the molecule is CN1CCCC(N(C)Cc2ccc(O)c(Br)c2)C1. The van der Waals surface area contributed by atoms with Gasteiger partial charge in [-0.05, 0) is 67.1 Å². The topological polar surface area (TPSA) is 26.7 Å². The number of likely N-dealkylation sites (tertiary alicyclic amines) is 1. The minimum absolute atomic E-state index is 0.304. The summed E-state index contributed by atoms with van der Waals surface area (Å²) in [6.07, 6.45) is 2.56. The van der Waals surface area contributed by atoms with Gasteiger partial charge in [-0.3, -0.25) is 4.90 Å². The molecule has 18 heavy (non-hydrogen) atoms. The quantitative estimate of drug-likeness (QED) is 0.929. The molecule has 0 spiro atoms. The Morgan fingerprint density at radius 1 is 1.50 bits per heavy atom. The lowest BCUT2D eigenvalue weighted by Crippen LogP contribution is -2.44. The highest BCUT2D eigenvalue weighted by Gasteiger charge is 2.21.